The third-order valence-corrected chi connectivity index (χ3v) is 4.03. The average Bonchev–Trinajstić information content (AvgIpc) is 2.92. The molecule has 2 aliphatic rings. The maximum Gasteiger partial charge on any atom is 0.406 e. The quantitative estimate of drug-likeness (QED) is 0.802. The number of nitrogens with zero attached hydrogens (tertiary/aromatic N) is 1. The predicted molar refractivity (Wildman–Crippen MR) is 67.1 cm³/mol. The summed E-state index contributed by atoms with van der Waals surface area (Å²) < 4.78 is 36.8. The second-order valence-corrected chi connectivity index (χ2v) is 5.87. The Labute approximate surface area is 120 Å². The van der Waals surface area contributed by atoms with Gasteiger partial charge in [-0.05, 0) is 25.2 Å². The zero-order valence-electron chi connectivity index (χ0n) is 11.5. The van der Waals surface area contributed by atoms with E-state index in [4.69, 9.17) is 0 Å². The number of halogens is 3. The van der Waals surface area contributed by atoms with E-state index in [1.165, 1.54) is 0 Å². The highest BCUT2D eigenvalue weighted by Gasteiger charge is 2.40. The van der Waals surface area contributed by atoms with E-state index in [1.807, 2.05) is 0 Å². The van der Waals surface area contributed by atoms with Crippen LogP contribution in [0.5, 0.6) is 0 Å². The number of aliphatic hydroxyl groups is 1. The molecule has 0 radical (unpaired) electrons. The van der Waals surface area contributed by atoms with Crippen LogP contribution in [0.1, 0.15) is 25.7 Å². The van der Waals surface area contributed by atoms with Gasteiger partial charge < -0.3 is 15.3 Å². The molecule has 2 fully saturated rings. The number of alkyl halides is 3. The van der Waals surface area contributed by atoms with Crippen LogP contribution >= 0.6 is 0 Å². The lowest BCUT2D eigenvalue weighted by molar-refractivity contribution is -0.157. The molecule has 1 aliphatic heterocycles. The fourth-order valence-electron chi connectivity index (χ4n) is 2.94. The Balaban J connectivity index is 1.77. The summed E-state index contributed by atoms with van der Waals surface area (Å²) in [4.78, 5) is 24.1. The summed E-state index contributed by atoms with van der Waals surface area (Å²) in [6.07, 6.45) is -2.78. The van der Waals surface area contributed by atoms with Crippen molar-refractivity contribution >= 4 is 11.8 Å². The Bertz CT molecular complexity index is 414. The van der Waals surface area contributed by atoms with E-state index in [0.29, 0.717) is 24.3 Å². The van der Waals surface area contributed by atoms with Crippen molar-refractivity contribution in [3.63, 3.8) is 0 Å². The molecule has 1 saturated heterocycles. The maximum atomic E-state index is 12.3. The standard InChI is InChI=1S/C13H19F3N2O3/c14-13(15,16)7-18-6-9(4-11(18)20)12(21)17-5-8-1-2-10(19)3-8/h8-10,19H,1-7H2,(H,17,21). The van der Waals surface area contributed by atoms with Crippen molar-refractivity contribution in [2.75, 3.05) is 19.6 Å². The SMILES string of the molecule is O=C(NCC1CCC(O)C1)C1CC(=O)N(CC(F)(F)F)C1. The van der Waals surface area contributed by atoms with Gasteiger partial charge in [0, 0.05) is 19.5 Å². The molecule has 2 rings (SSSR count). The summed E-state index contributed by atoms with van der Waals surface area (Å²) in [6, 6.07) is 0. The first kappa shape index (κ1) is 16.1. The number of rotatable bonds is 4. The molecule has 2 amide bonds. The third-order valence-electron chi connectivity index (χ3n) is 4.03. The predicted octanol–water partition coefficient (Wildman–Crippen LogP) is 0.674. The summed E-state index contributed by atoms with van der Waals surface area (Å²) >= 11 is 0. The summed E-state index contributed by atoms with van der Waals surface area (Å²) in [6.45, 7) is -1.08. The lowest BCUT2D eigenvalue weighted by Crippen LogP contribution is -2.38. The van der Waals surface area contributed by atoms with E-state index in [2.05, 4.69) is 5.32 Å². The first-order chi connectivity index (χ1) is 9.74. The minimum atomic E-state index is -4.44. The molecule has 8 heteroatoms. The first-order valence-corrected chi connectivity index (χ1v) is 7.05. The Morgan fingerprint density at radius 1 is 1.38 bits per heavy atom. The van der Waals surface area contributed by atoms with Crippen LogP contribution in [0.2, 0.25) is 0 Å². The molecule has 3 atom stereocenters. The zero-order valence-corrected chi connectivity index (χ0v) is 11.5. The van der Waals surface area contributed by atoms with E-state index >= 15 is 0 Å². The van der Waals surface area contributed by atoms with Crippen molar-refractivity contribution in [2.24, 2.45) is 11.8 Å². The van der Waals surface area contributed by atoms with Crippen molar-refractivity contribution < 1.29 is 27.9 Å². The van der Waals surface area contributed by atoms with Crippen LogP contribution in [0.3, 0.4) is 0 Å². The second kappa shape index (κ2) is 6.21. The highest BCUT2D eigenvalue weighted by atomic mass is 19.4. The van der Waals surface area contributed by atoms with Crippen LogP contribution < -0.4 is 5.32 Å². The zero-order chi connectivity index (χ0) is 15.6. The van der Waals surface area contributed by atoms with Gasteiger partial charge >= 0.3 is 6.18 Å². The summed E-state index contributed by atoms with van der Waals surface area (Å²) in [5, 5.41) is 12.1. The molecule has 0 spiro atoms. The smallest absolute Gasteiger partial charge is 0.393 e. The molecule has 1 heterocycles. The fourth-order valence-corrected chi connectivity index (χ4v) is 2.94. The van der Waals surface area contributed by atoms with Crippen LogP contribution in [0, 0.1) is 11.8 Å². The van der Waals surface area contributed by atoms with Crippen molar-refractivity contribution in [3.05, 3.63) is 0 Å². The second-order valence-electron chi connectivity index (χ2n) is 5.87. The number of carbonyl (C=O) groups is 2. The van der Waals surface area contributed by atoms with E-state index < -0.39 is 24.5 Å². The van der Waals surface area contributed by atoms with E-state index in [9.17, 15) is 27.9 Å². The van der Waals surface area contributed by atoms with Crippen LogP contribution in [0.25, 0.3) is 0 Å². The van der Waals surface area contributed by atoms with Gasteiger partial charge in [0.2, 0.25) is 11.8 Å². The van der Waals surface area contributed by atoms with Crippen LogP contribution in [-0.2, 0) is 9.59 Å². The number of hydrogen-bond donors (Lipinski definition) is 2. The summed E-state index contributed by atoms with van der Waals surface area (Å²) in [5.41, 5.74) is 0. The number of carbonyl (C=O) groups excluding carboxylic acids is 2. The van der Waals surface area contributed by atoms with E-state index in [1.54, 1.807) is 0 Å². The van der Waals surface area contributed by atoms with E-state index in [-0.39, 0.29) is 30.9 Å². The van der Waals surface area contributed by atoms with Gasteiger partial charge in [0.1, 0.15) is 6.54 Å². The van der Waals surface area contributed by atoms with Gasteiger partial charge in [-0.25, -0.2) is 0 Å². The molecule has 1 aliphatic carbocycles. The molecule has 0 aromatic carbocycles. The number of aliphatic hydroxyl groups excluding tert-OH is 1. The monoisotopic (exact) mass is 308 g/mol. The maximum absolute atomic E-state index is 12.3. The molecular weight excluding hydrogens is 289 g/mol. The highest BCUT2D eigenvalue weighted by molar-refractivity contribution is 5.89. The Morgan fingerprint density at radius 3 is 2.67 bits per heavy atom. The molecule has 0 bridgehead atoms. The van der Waals surface area contributed by atoms with Gasteiger partial charge in [0.25, 0.3) is 0 Å². The lowest BCUT2D eigenvalue weighted by atomic mass is 10.1. The molecule has 5 nitrogen and oxygen atoms in total. The molecule has 0 aromatic heterocycles. The molecule has 3 unspecified atom stereocenters. The fraction of sp³-hybridized carbons (Fsp3) is 0.846. The molecule has 21 heavy (non-hydrogen) atoms. The molecular formula is C13H19F3N2O3. The Kier molecular flexibility index (Phi) is 4.75. The van der Waals surface area contributed by atoms with Crippen molar-refractivity contribution in [2.45, 2.75) is 38.0 Å². The van der Waals surface area contributed by atoms with Crippen LogP contribution in [0.15, 0.2) is 0 Å². The van der Waals surface area contributed by atoms with E-state index in [0.717, 1.165) is 6.42 Å². The summed E-state index contributed by atoms with van der Waals surface area (Å²) in [7, 11) is 0. The minimum Gasteiger partial charge on any atom is -0.393 e. The van der Waals surface area contributed by atoms with Crippen molar-refractivity contribution in [1.29, 1.82) is 0 Å². The lowest BCUT2D eigenvalue weighted by Gasteiger charge is -2.18. The van der Waals surface area contributed by atoms with Crippen LogP contribution in [0.4, 0.5) is 13.2 Å². The van der Waals surface area contributed by atoms with Gasteiger partial charge in [0.15, 0.2) is 0 Å². The third kappa shape index (κ3) is 4.59. The number of amides is 2. The minimum absolute atomic E-state index is 0.171. The van der Waals surface area contributed by atoms with Gasteiger partial charge in [0.05, 0.1) is 12.0 Å². The van der Waals surface area contributed by atoms with Crippen LogP contribution in [-0.4, -0.2) is 53.7 Å². The van der Waals surface area contributed by atoms with Gasteiger partial charge in [-0.1, -0.05) is 0 Å². The molecule has 2 N–H and O–H groups in total. The first-order valence-electron chi connectivity index (χ1n) is 7.05. The number of likely N-dealkylation sites (tertiary alicyclic amines) is 1. The highest BCUT2D eigenvalue weighted by Crippen LogP contribution is 2.26. The van der Waals surface area contributed by atoms with Gasteiger partial charge in [-0.2, -0.15) is 13.2 Å². The molecule has 1 saturated carbocycles. The Hall–Kier alpha value is -1.31. The Morgan fingerprint density at radius 2 is 2.10 bits per heavy atom. The number of hydrogen-bond acceptors (Lipinski definition) is 3. The topological polar surface area (TPSA) is 69.6 Å². The number of nitrogens with one attached hydrogen (secondary N) is 1. The normalized spacial score (nSPS) is 30.0. The van der Waals surface area contributed by atoms with Gasteiger partial charge in [-0.15, -0.1) is 0 Å². The van der Waals surface area contributed by atoms with Gasteiger partial charge in [-0.3, -0.25) is 9.59 Å². The van der Waals surface area contributed by atoms with Crippen molar-refractivity contribution in [3.8, 4) is 0 Å². The largest absolute Gasteiger partial charge is 0.406 e. The molecule has 120 valence electrons. The average molecular weight is 308 g/mol. The molecule has 0 aromatic rings. The van der Waals surface area contributed by atoms with Crippen molar-refractivity contribution in [1.82, 2.24) is 10.2 Å². The summed E-state index contributed by atoms with van der Waals surface area (Å²) in [5.74, 6) is -1.53.